The van der Waals surface area contributed by atoms with Crippen molar-refractivity contribution in [3.05, 3.63) is 52.1 Å². The molecule has 2 rings (SSSR count). The Bertz CT molecular complexity index is 693. The highest BCUT2D eigenvalue weighted by molar-refractivity contribution is 6.35. The van der Waals surface area contributed by atoms with E-state index in [4.69, 9.17) is 27.9 Å². The van der Waals surface area contributed by atoms with Crippen molar-refractivity contribution in [2.24, 2.45) is 0 Å². The number of benzene rings is 1. The topological polar surface area (TPSA) is 54.5 Å². The number of rotatable bonds is 7. The van der Waals surface area contributed by atoms with Crippen LogP contribution in [0.3, 0.4) is 0 Å². The van der Waals surface area contributed by atoms with Gasteiger partial charge in [-0.25, -0.2) is 4.98 Å². The summed E-state index contributed by atoms with van der Waals surface area (Å²) in [6.07, 6.45) is 1.71. The first kappa shape index (κ1) is 18.5. The molecular formula is C17H19Cl2N3O2. The van der Waals surface area contributed by atoms with Gasteiger partial charge < -0.3 is 10.1 Å². The van der Waals surface area contributed by atoms with Crippen molar-refractivity contribution in [1.29, 1.82) is 0 Å². The molecule has 1 aromatic heterocycles. The number of hydrogen-bond donors (Lipinski definition) is 1. The highest BCUT2D eigenvalue weighted by atomic mass is 35.5. The van der Waals surface area contributed by atoms with Crippen molar-refractivity contribution in [3.8, 4) is 5.75 Å². The third-order valence-electron chi connectivity index (χ3n) is 3.22. The molecule has 1 amide bonds. The molecule has 7 heteroatoms. The molecule has 0 aliphatic carbocycles. The molecule has 0 unspecified atom stereocenters. The molecule has 0 saturated heterocycles. The van der Waals surface area contributed by atoms with Crippen LogP contribution < -0.4 is 10.1 Å². The van der Waals surface area contributed by atoms with Gasteiger partial charge in [0.05, 0.1) is 11.6 Å². The van der Waals surface area contributed by atoms with Gasteiger partial charge in [-0.05, 0) is 43.8 Å². The summed E-state index contributed by atoms with van der Waals surface area (Å²) in [7, 11) is 1.84. The van der Waals surface area contributed by atoms with E-state index in [9.17, 15) is 4.79 Å². The van der Waals surface area contributed by atoms with Gasteiger partial charge in [-0.15, -0.1) is 0 Å². The standard InChI is InChI=1S/C17H19Cl2N3O2/c1-12-3-6-16(20-10-12)21-17(23)11-22(2)7-8-24-15-5-4-13(18)9-14(15)19/h3-6,9-10H,7-8,11H2,1-2H3,(H,20,21,23). The Labute approximate surface area is 151 Å². The molecule has 0 fully saturated rings. The van der Waals surface area contributed by atoms with Crippen LogP contribution in [-0.4, -0.2) is 42.5 Å². The van der Waals surface area contributed by atoms with E-state index in [0.29, 0.717) is 34.8 Å². The Morgan fingerprint density at radius 3 is 2.75 bits per heavy atom. The molecule has 24 heavy (non-hydrogen) atoms. The number of aryl methyl sites for hydroxylation is 1. The fraction of sp³-hybridized carbons (Fsp3) is 0.294. The van der Waals surface area contributed by atoms with E-state index in [-0.39, 0.29) is 12.5 Å². The zero-order chi connectivity index (χ0) is 17.5. The molecule has 0 aliphatic heterocycles. The van der Waals surface area contributed by atoms with Crippen molar-refractivity contribution >= 4 is 34.9 Å². The van der Waals surface area contributed by atoms with Crippen LogP contribution in [0, 0.1) is 6.92 Å². The number of anilines is 1. The lowest BCUT2D eigenvalue weighted by atomic mass is 10.3. The van der Waals surface area contributed by atoms with E-state index in [1.807, 2.05) is 24.9 Å². The third-order valence-corrected chi connectivity index (χ3v) is 3.75. The Kier molecular flexibility index (Phi) is 6.85. The number of pyridine rings is 1. The van der Waals surface area contributed by atoms with Crippen LogP contribution in [0.25, 0.3) is 0 Å². The first-order valence-electron chi connectivity index (χ1n) is 7.43. The number of aromatic nitrogens is 1. The average molecular weight is 368 g/mol. The molecular weight excluding hydrogens is 349 g/mol. The zero-order valence-electron chi connectivity index (χ0n) is 13.6. The molecule has 0 radical (unpaired) electrons. The normalized spacial score (nSPS) is 10.7. The zero-order valence-corrected chi connectivity index (χ0v) is 15.1. The summed E-state index contributed by atoms with van der Waals surface area (Å²) in [5, 5.41) is 3.78. The van der Waals surface area contributed by atoms with Crippen molar-refractivity contribution in [2.75, 3.05) is 32.1 Å². The minimum absolute atomic E-state index is 0.127. The number of likely N-dealkylation sites (N-methyl/N-ethyl adjacent to an activating group) is 1. The van der Waals surface area contributed by atoms with Gasteiger partial charge in [0, 0.05) is 17.8 Å². The highest BCUT2D eigenvalue weighted by Gasteiger charge is 2.08. The Morgan fingerprint density at radius 1 is 1.29 bits per heavy atom. The number of carbonyl (C=O) groups is 1. The quantitative estimate of drug-likeness (QED) is 0.811. The molecule has 0 bridgehead atoms. The minimum Gasteiger partial charge on any atom is -0.491 e. The number of nitrogens with zero attached hydrogens (tertiary/aromatic N) is 2. The Hall–Kier alpha value is -1.82. The van der Waals surface area contributed by atoms with E-state index >= 15 is 0 Å². The van der Waals surface area contributed by atoms with Gasteiger partial charge in [0.25, 0.3) is 0 Å². The molecule has 1 heterocycles. The second-order valence-electron chi connectivity index (χ2n) is 5.43. The number of carbonyl (C=O) groups excluding carboxylic acids is 1. The summed E-state index contributed by atoms with van der Waals surface area (Å²) in [4.78, 5) is 18.0. The van der Waals surface area contributed by atoms with Crippen LogP contribution in [0.15, 0.2) is 36.5 Å². The summed E-state index contributed by atoms with van der Waals surface area (Å²) < 4.78 is 5.60. The Morgan fingerprint density at radius 2 is 2.08 bits per heavy atom. The van der Waals surface area contributed by atoms with Gasteiger partial charge >= 0.3 is 0 Å². The maximum atomic E-state index is 12.0. The summed E-state index contributed by atoms with van der Waals surface area (Å²) in [5.74, 6) is 0.990. The van der Waals surface area contributed by atoms with Gasteiger partial charge in [-0.2, -0.15) is 0 Å². The highest BCUT2D eigenvalue weighted by Crippen LogP contribution is 2.27. The van der Waals surface area contributed by atoms with E-state index in [1.165, 1.54) is 0 Å². The summed E-state index contributed by atoms with van der Waals surface area (Å²) in [6, 6.07) is 8.74. The smallest absolute Gasteiger partial charge is 0.239 e. The van der Waals surface area contributed by atoms with Crippen LogP contribution >= 0.6 is 23.2 Å². The Balaban J connectivity index is 1.73. The van der Waals surface area contributed by atoms with Gasteiger partial charge in [0.1, 0.15) is 18.2 Å². The number of amides is 1. The van der Waals surface area contributed by atoms with Gasteiger partial charge in [-0.3, -0.25) is 9.69 Å². The van der Waals surface area contributed by atoms with E-state index < -0.39 is 0 Å². The van der Waals surface area contributed by atoms with Crippen LogP contribution in [0.4, 0.5) is 5.82 Å². The number of hydrogen-bond acceptors (Lipinski definition) is 4. The van der Waals surface area contributed by atoms with Crippen molar-refractivity contribution in [1.82, 2.24) is 9.88 Å². The van der Waals surface area contributed by atoms with Crippen LogP contribution in [0.2, 0.25) is 10.0 Å². The first-order valence-corrected chi connectivity index (χ1v) is 8.18. The molecule has 1 N–H and O–H groups in total. The van der Waals surface area contributed by atoms with Crippen LogP contribution in [0.5, 0.6) is 5.75 Å². The maximum Gasteiger partial charge on any atom is 0.239 e. The maximum absolute atomic E-state index is 12.0. The molecule has 1 aromatic carbocycles. The number of nitrogens with one attached hydrogen (secondary N) is 1. The SMILES string of the molecule is Cc1ccc(NC(=O)CN(C)CCOc2ccc(Cl)cc2Cl)nc1. The predicted octanol–water partition coefficient (Wildman–Crippen LogP) is 3.65. The summed E-state index contributed by atoms with van der Waals surface area (Å²) in [6.45, 7) is 3.17. The third kappa shape index (κ3) is 6.00. The molecule has 0 spiro atoms. The lowest BCUT2D eigenvalue weighted by Gasteiger charge is -2.17. The lowest BCUT2D eigenvalue weighted by molar-refractivity contribution is -0.117. The monoisotopic (exact) mass is 367 g/mol. The van der Waals surface area contributed by atoms with E-state index in [0.717, 1.165) is 5.56 Å². The summed E-state index contributed by atoms with van der Waals surface area (Å²) in [5.41, 5.74) is 1.04. The van der Waals surface area contributed by atoms with Crippen molar-refractivity contribution < 1.29 is 9.53 Å². The van der Waals surface area contributed by atoms with Crippen molar-refractivity contribution in [2.45, 2.75) is 6.92 Å². The predicted molar refractivity (Wildman–Crippen MR) is 97.1 cm³/mol. The van der Waals surface area contributed by atoms with Crippen LogP contribution in [-0.2, 0) is 4.79 Å². The fourth-order valence-electron chi connectivity index (χ4n) is 1.95. The van der Waals surface area contributed by atoms with Gasteiger partial charge in [0.15, 0.2) is 0 Å². The second-order valence-corrected chi connectivity index (χ2v) is 6.27. The minimum atomic E-state index is -0.127. The largest absolute Gasteiger partial charge is 0.491 e. The van der Waals surface area contributed by atoms with Gasteiger partial charge in [-0.1, -0.05) is 29.3 Å². The first-order chi connectivity index (χ1) is 11.4. The molecule has 0 saturated carbocycles. The average Bonchev–Trinajstić information content (AvgIpc) is 2.51. The molecule has 5 nitrogen and oxygen atoms in total. The van der Waals surface area contributed by atoms with E-state index in [2.05, 4.69) is 10.3 Å². The van der Waals surface area contributed by atoms with Crippen molar-refractivity contribution in [3.63, 3.8) is 0 Å². The lowest BCUT2D eigenvalue weighted by Crippen LogP contribution is -2.33. The van der Waals surface area contributed by atoms with Crippen LogP contribution in [0.1, 0.15) is 5.56 Å². The summed E-state index contributed by atoms with van der Waals surface area (Å²) >= 11 is 11.9. The molecule has 128 valence electrons. The second kappa shape index (κ2) is 8.87. The molecule has 0 aliphatic rings. The molecule has 2 aromatic rings. The fourth-order valence-corrected chi connectivity index (χ4v) is 2.42. The number of ether oxygens (including phenoxy) is 1. The van der Waals surface area contributed by atoms with Gasteiger partial charge in [0.2, 0.25) is 5.91 Å². The molecule has 0 atom stereocenters. The van der Waals surface area contributed by atoms with E-state index in [1.54, 1.807) is 30.5 Å². The number of halogens is 2.